The lowest BCUT2D eigenvalue weighted by atomic mass is 10.0. The van der Waals surface area contributed by atoms with Crippen LogP contribution >= 0.6 is 0 Å². The Labute approximate surface area is 362 Å². The molecule has 63 heavy (non-hydrogen) atoms. The minimum atomic E-state index is 0.544. The van der Waals surface area contributed by atoms with Crippen molar-refractivity contribution in [3.8, 4) is 51.2 Å². The summed E-state index contributed by atoms with van der Waals surface area (Å²) in [5.41, 5.74) is 13.0. The Morgan fingerprint density at radius 3 is 1.11 bits per heavy atom. The van der Waals surface area contributed by atoms with Gasteiger partial charge >= 0.3 is 0 Å². The molecule has 6 nitrogen and oxygen atoms in total. The van der Waals surface area contributed by atoms with E-state index in [2.05, 4.69) is 214 Å². The van der Waals surface area contributed by atoms with Gasteiger partial charge in [0.15, 0.2) is 5.82 Å². The summed E-state index contributed by atoms with van der Waals surface area (Å²) in [7, 11) is 0. The van der Waals surface area contributed by atoms with Crippen LogP contribution in [0.1, 0.15) is 0 Å². The van der Waals surface area contributed by atoms with E-state index in [0.29, 0.717) is 17.7 Å². The first-order valence-corrected chi connectivity index (χ1v) is 21.3. The molecule has 0 aliphatic heterocycles. The predicted molar refractivity (Wildman–Crippen MR) is 259 cm³/mol. The summed E-state index contributed by atoms with van der Waals surface area (Å²) in [6.07, 6.45) is 0. The van der Waals surface area contributed by atoms with Gasteiger partial charge < -0.3 is 4.57 Å². The highest BCUT2D eigenvalue weighted by molar-refractivity contribution is 6.13. The number of benzene rings is 9. The zero-order chi connectivity index (χ0) is 41.4. The van der Waals surface area contributed by atoms with E-state index in [-0.39, 0.29) is 0 Å². The molecule has 9 aromatic carbocycles. The van der Waals surface area contributed by atoms with E-state index in [0.717, 1.165) is 71.6 Å². The van der Waals surface area contributed by atoms with Crippen molar-refractivity contribution in [1.82, 2.24) is 28.7 Å². The summed E-state index contributed by atoms with van der Waals surface area (Å²) in [6, 6.07) is 77.4. The summed E-state index contributed by atoms with van der Waals surface area (Å²) >= 11 is 0. The molecular formula is C57H36N6. The quantitative estimate of drug-likeness (QED) is 0.168. The molecule has 0 unspecified atom stereocenters. The topological polar surface area (TPSA) is 53.5 Å². The van der Waals surface area contributed by atoms with Crippen LogP contribution in [0.4, 0.5) is 0 Å². The molecule has 0 N–H and O–H groups in total. The van der Waals surface area contributed by atoms with Crippen LogP contribution in [0.3, 0.4) is 0 Å². The third-order valence-electron chi connectivity index (χ3n) is 12.5. The molecule has 0 amide bonds. The van der Waals surface area contributed by atoms with Gasteiger partial charge in [0.25, 0.3) is 0 Å². The second-order valence-corrected chi connectivity index (χ2v) is 16.1. The maximum absolute atomic E-state index is 5.46. The fraction of sp³-hybridized carbons (Fsp3) is 0. The molecule has 294 valence electrons. The van der Waals surface area contributed by atoms with Crippen molar-refractivity contribution in [2.24, 2.45) is 0 Å². The molecule has 4 heterocycles. The number of hydrogen-bond acceptors (Lipinski definition) is 3. The molecule has 0 aliphatic carbocycles. The van der Waals surface area contributed by atoms with Crippen LogP contribution in [0.2, 0.25) is 0 Å². The summed E-state index contributed by atoms with van der Waals surface area (Å²) in [6.45, 7) is 0. The van der Waals surface area contributed by atoms with E-state index in [1.807, 2.05) is 18.2 Å². The van der Waals surface area contributed by atoms with Crippen molar-refractivity contribution in [2.45, 2.75) is 0 Å². The Morgan fingerprint density at radius 2 is 0.603 bits per heavy atom. The molecule has 0 saturated heterocycles. The lowest BCUT2D eigenvalue weighted by Crippen LogP contribution is -2.10. The van der Waals surface area contributed by atoms with E-state index < -0.39 is 0 Å². The minimum absolute atomic E-state index is 0.544. The van der Waals surface area contributed by atoms with Crippen LogP contribution in [0.25, 0.3) is 117 Å². The first-order chi connectivity index (χ1) is 31.2. The van der Waals surface area contributed by atoms with Crippen molar-refractivity contribution in [3.63, 3.8) is 0 Å². The second-order valence-electron chi connectivity index (χ2n) is 16.1. The molecule has 0 spiro atoms. The van der Waals surface area contributed by atoms with Gasteiger partial charge in [-0.3, -0.25) is 9.13 Å². The average molecular weight is 805 g/mol. The zero-order valence-electron chi connectivity index (χ0n) is 34.0. The molecule has 0 radical (unpaired) electrons. The molecule has 0 atom stereocenters. The largest absolute Gasteiger partial charge is 0.309 e. The average Bonchev–Trinajstić information content (AvgIpc) is 3.99. The van der Waals surface area contributed by atoms with Gasteiger partial charge in [0.1, 0.15) is 0 Å². The Kier molecular flexibility index (Phi) is 7.80. The van der Waals surface area contributed by atoms with Crippen molar-refractivity contribution in [1.29, 1.82) is 0 Å². The molecule has 13 aromatic rings. The summed E-state index contributed by atoms with van der Waals surface area (Å²) in [5.74, 6) is 1.69. The van der Waals surface area contributed by atoms with E-state index >= 15 is 0 Å². The van der Waals surface area contributed by atoms with Crippen LogP contribution < -0.4 is 0 Å². The fourth-order valence-corrected chi connectivity index (χ4v) is 9.65. The Bertz CT molecular complexity index is 3850. The highest BCUT2D eigenvalue weighted by Gasteiger charge is 2.22. The van der Waals surface area contributed by atoms with Crippen molar-refractivity contribution >= 4 is 65.4 Å². The third kappa shape index (κ3) is 5.55. The zero-order valence-corrected chi connectivity index (χ0v) is 34.0. The second kappa shape index (κ2) is 14.0. The number of para-hydroxylation sites is 3. The Morgan fingerprint density at radius 1 is 0.238 bits per heavy atom. The maximum Gasteiger partial charge on any atom is 0.240 e. The summed E-state index contributed by atoms with van der Waals surface area (Å²) in [4.78, 5) is 16.1. The summed E-state index contributed by atoms with van der Waals surface area (Å²) in [5, 5.41) is 6.96. The first-order valence-electron chi connectivity index (χ1n) is 21.3. The fourth-order valence-electron chi connectivity index (χ4n) is 9.65. The molecule has 6 heteroatoms. The van der Waals surface area contributed by atoms with E-state index in [9.17, 15) is 0 Å². The Hall–Kier alpha value is -8.61. The molecular weight excluding hydrogens is 769 g/mol. The molecule has 0 fully saturated rings. The normalized spacial score (nSPS) is 11.8. The van der Waals surface area contributed by atoms with Crippen LogP contribution in [-0.4, -0.2) is 28.7 Å². The van der Waals surface area contributed by atoms with Gasteiger partial charge in [0.2, 0.25) is 11.9 Å². The molecule has 0 bridgehead atoms. The van der Waals surface area contributed by atoms with Gasteiger partial charge in [-0.05, 0) is 82.9 Å². The molecule has 0 aliphatic rings. The first kappa shape index (κ1) is 35.2. The smallest absolute Gasteiger partial charge is 0.240 e. The van der Waals surface area contributed by atoms with Crippen LogP contribution in [0.5, 0.6) is 0 Å². The van der Waals surface area contributed by atoms with Crippen LogP contribution in [0, 0.1) is 0 Å². The predicted octanol–water partition coefficient (Wildman–Crippen LogP) is 14.2. The van der Waals surface area contributed by atoms with Gasteiger partial charge in [-0.25, -0.2) is 0 Å². The van der Waals surface area contributed by atoms with Crippen molar-refractivity contribution in [3.05, 3.63) is 218 Å². The van der Waals surface area contributed by atoms with Crippen LogP contribution in [-0.2, 0) is 0 Å². The van der Waals surface area contributed by atoms with Crippen molar-refractivity contribution in [2.75, 3.05) is 0 Å². The summed E-state index contributed by atoms with van der Waals surface area (Å²) < 4.78 is 6.79. The molecule has 0 saturated carbocycles. The SMILES string of the molecule is c1ccc(-c2ccc3c(c2)c2ccccc2n3-c2nc(-c3ccccc3)nc(-n3c4ccc(-c5ccccc5)cc4c4cc(-n5c6ccccc6c6ccccc65)ccc43)n2)cc1. The van der Waals surface area contributed by atoms with Gasteiger partial charge in [0, 0.05) is 43.6 Å². The van der Waals surface area contributed by atoms with Crippen molar-refractivity contribution < 1.29 is 0 Å². The number of aromatic nitrogens is 6. The monoisotopic (exact) mass is 804 g/mol. The van der Waals surface area contributed by atoms with Crippen LogP contribution in [0.15, 0.2) is 218 Å². The van der Waals surface area contributed by atoms with Gasteiger partial charge in [-0.15, -0.1) is 0 Å². The molecule has 4 aromatic heterocycles. The number of nitrogens with zero attached hydrogens (tertiary/aromatic N) is 6. The highest BCUT2D eigenvalue weighted by Crippen LogP contribution is 2.39. The van der Waals surface area contributed by atoms with Gasteiger partial charge in [-0.1, -0.05) is 158 Å². The van der Waals surface area contributed by atoms with Gasteiger partial charge in [0.05, 0.1) is 33.1 Å². The maximum atomic E-state index is 5.46. The number of fused-ring (bicyclic) bond motifs is 9. The van der Waals surface area contributed by atoms with E-state index in [1.165, 1.54) is 27.4 Å². The third-order valence-corrected chi connectivity index (χ3v) is 12.5. The lowest BCUT2D eigenvalue weighted by molar-refractivity contribution is 0.893. The Balaban J connectivity index is 1.09. The minimum Gasteiger partial charge on any atom is -0.309 e. The van der Waals surface area contributed by atoms with E-state index in [4.69, 9.17) is 15.0 Å². The lowest BCUT2D eigenvalue weighted by Gasteiger charge is -2.13. The highest BCUT2D eigenvalue weighted by atomic mass is 15.3. The van der Waals surface area contributed by atoms with E-state index in [1.54, 1.807) is 0 Å². The standard InChI is InChI=1S/C57H36N6/c1-4-16-37(17-5-1)40-28-31-52-46(34-40)45-24-12-15-27-51(45)62(52)56-58-55(39-20-8-3-9-21-39)59-57(60-56)63-53-32-29-41(38-18-6-2-7-19-38)35-47(53)48-36-42(30-33-54(48)63)61-49-25-13-10-22-43(49)44-23-11-14-26-50(44)61/h1-36H. The number of rotatable bonds is 6. The molecule has 13 rings (SSSR count). The van der Waals surface area contributed by atoms with Gasteiger partial charge in [-0.2, -0.15) is 15.0 Å². The number of hydrogen-bond donors (Lipinski definition) is 0.